The fraction of sp³-hybridized carbons (Fsp3) is 0.375. The van der Waals surface area contributed by atoms with E-state index in [-0.39, 0.29) is 19.1 Å². The Morgan fingerprint density at radius 1 is 1.26 bits per heavy atom. The number of aromatic nitrogens is 1. The van der Waals surface area contributed by atoms with Crippen LogP contribution in [-0.2, 0) is 4.74 Å². The number of alkyl halides is 3. The molecule has 0 saturated carbocycles. The fourth-order valence-corrected chi connectivity index (χ4v) is 2.14. The van der Waals surface area contributed by atoms with Gasteiger partial charge in [0.15, 0.2) is 0 Å². The molecule has 0 fully saturated rings. The third kappa shape index (κ3) is 4.92. The van der Waals surface area contributed by atoms with E-state index >= 15 is 0 Å². The molecule has 1 heterocycles. The number of halogens is 3. The molecular formula is C16H17F3N2O2. The van der Waals surface area contributed by atoms with Gasteiger partial charge in [0.05, 0.1) is 23.4 Å². The number of fused-ring (bicyclic) bond motifs is 1. The zero-order valence-corrected chi connectivity index (χ0v) is 12.8. The van der Waals surface area contributed by atoms with Crippen LogP contribution in [0, 0.1) is 13.8 Å². The average Bonchev–Trinajstić information content (AvgIpc) is 2.45. The van der Waals surface area contributed by atoms with Crippen molar-refractivity contribution < 1.29 is 22.7 Å². The van der Waals surface area contributed by atoms with Crippen LogP contribution >= 0.6 is 0 Å². The maximum Gasteiger partial charge on any atom is 0.411 e. The number of benzene rings is 1. The van der Waals surface area contributed by atoms with Gasteiger partial charge in [-0.2, -0.15) is 13.2 Å². The van der Waals surface area contributed by atoms with Gasteiger partial charge in [-0.05, 0) is 32.0 Å². The van der Waals surface area contributed by atoms with E-state index in [9.17, 15) is 18.0 Å². The molecule has 0 unspecified atom stereocenters. The highest BCUT2D eigenvalue weighted by Gasteiger charge is 2.27. The van der Waals surface area contributed by atoms with Gasteiger partial charge in [0.2, 0.25) is 0 Å². The van der Waals surface area contributed by atoms with Crippen molar-refractivity contribution in [3.8, 4) is 0 Å². The van der Waals surface area contributed by atoms with Gasteiger partial charge in [-0.15, -0.1) is 0 Å². The second kappa shape index (κ2) is 6.95. The summed E-state index contributed by atoms with van der Waals surface area (Å²) in [6, 6.07) is 7.47. The van der Waals surface area contributed by atoms with Gasteiger partial charge >= 0.3 is 6.18 Å². The Bertz CT molecular complexity index is 714. The van der Waals surface area contributed by atoms with Gasteiger partial charge < -0.3 is 10.1 Å². The molecule has 4 nitrogen and oxygen atoms in total. The molecule has 0 atom stereocenters. The van der Waals surface area contributed by atoms with Crippen molar-refractivity contribution in [1.29, 1.82) is 0 Å². The van der Waals surface area contributed by atoms with Crippen LogP contribution < -0.4 is 5.32 Å². The second-order valence-electron chi connectivity index (χ2n) is 5.24. The molecule has 0 radical (unpaired) electrons. The van der Waals surface area contributed by atoms with Crippen LogP contribution in [0.5, 0.6) is 0 Å². The molecule has 1 amide bonds. The number of aryl methyl sites for hydroxylation is 2. The lowest BCUT2D eigenvalue weighted by molar-refractivity contribution is -0.173. The Hall–Kier alpha value is -2.15. The normalized spacial score (nSPS) is 11.7. The molecule has 2 aromatic rings. The zero-order valence-electron chi connectivity index (χ0n) is 12.8. The lowest BCUT2D eigenvalue weighted by Gasteiger charge is -2.10. The summed E-state index contributed by atoms with van der Waals surface area (Å²) < 4.78 is 40.2. The standard InChI is InChI=1S/C16H17F3N2O2/c1-10-3-4-14-12(7-10)8-13(11(2)21-14)15(22)20-5-6-23-9-16(17,18)19/h3-4,7-8H,5-6,9H2,1-2H3,(H,20,22). The minimum absolute atomic E-state index is 0.000206. The lowest BCUT2D eigenvalue weighted by Crippen LogP contribution is -2.29. The van der Waals surface area contributed by atoms with Gasteiger partial charge in [-0.1, -0.05) is 11.6 Å². The van der Waals surface area contributed by atoms with Crippen molar-refractivity contribution in [3.63, 3.8) is 0 Å². The molecular weight excluding hydrogens is 309 g/mol. The minimum atomic E-state index is -4.36. The van der Waals surface area contributed by atoms with Crippen LogP contribution in [0.2, 0.25) is 0 Å². The van der Waals surface area contributed by atoms with E-state index in [2.05, 4.69) is 15.0 Å². The average molecular weight is 326 g/mol. The molecule has 0 aliphatic carbocycles. The van der Waals surface area contributed by atoms with Crippen molar-refractivity contribution >= 4 is 16.8 Å². The number of nitrogens with zero attached hydrogens (tertiary/aromatic N) is 1. The Kier molecular flexibility index (Phi) is 5.20. The topological polar surface area (TPSA) is 51.2 Å². The predicted octanol–water partition coefficient (Wildman–Crippen LogP) is 3.16. The first-order chi connectivity index (χ1) is 10.8. The molecule has 0 aliphatic heterocycles. The number of pyridine rings is 1. The van der Waals surface area contributed by atoms with Crippen molar-refractivity contribution in [2.24, 2.45) is 0 Å². The summed E-state index contributed by atoms with van der Waals surface area (Å²) in [4.78, 5) is 16.5. The Morgan fingerprint density at radius 3 is 2.70 bits per heavy atom. The SMILES string of the molecule is Cc1ccc2nc(C)c(C(=O)NCCOCC(F)(F)F)cc2c1. The molecule has 7 heteroatoms. The van der Waals surface area contributed by atoms with E-state index in [1.807, 2.05) is 25.1 Å². The Morgan fingerprint density at radius 2 is 2.00 bits per heavy atom. The number of carbonyl (C=O) groups is 1. The van der Waals surface area contributed by atoms with Crippen molar-refractivity contribution in [3.05, 3.63) is 41.1 Å². The van der Waals surface area contributed by atoms with Crippen molar-refractivity contribution in [2.75, 3.05) is 19.8 Å². The number of nitrogens with one attached hydrogen (secondary N) is 1. The molecule has 1 aromatic carbocycles. The summed E-state index contributed by atoms with van der Waals surface area (Å²) in [6.07, 6.45) is -4.36. The van der Waals surface area contributed by atoms with Crippen LogP contribution in [0.4, 0.5) is 13.2 Å². The quantitative estimate of drug-likeness (QED) is 0.859. The smallest absolute Gasteiger partial charge is 0.370 e. The highest BCUT2D eigenvalue weighted by molar-refractivity contribution is 5.98. The van der Waals surface area contributed by atoms with Crippen LogP contribution in [0.1, 0.15) is 21.6 Å². The number of hydrogen-bond donors (Lipinski definition) is 1. The van der Waals surface area contributed by atoms with Crippen molar-refractivity contribution in [2.45, 2.75) is 20.0 Å². The van der Waals surface area contributed by atoms with E-state index in [1.54, 1.807) is 13.0 Å². The Labute approximate surface area is 131 Å². The monoisotopic (exact) mass is 326 g/mol. The van der Waals surface area contributed by atoms with Crippen LogP contribution in [0.3, 0.4) is 0 Å². The van der Waals surface area contributed by atoms with Gasteiger partial charge in [0.1, 0.15) is 6.61 Å². The highest BCUT2D eigenvalue weighted by Crippen LogP contribution is 2.18. The highest BCUT2D eigenvalue weighted by atomic mass is 19.4. The second-order valence-corrected chi connectivity index (χ2v) is 5.24. The summed E-state index contributed by atoms with van der Waals surface area (Å²) in [5.74, 6) is -0.381. The molecule has 0 saturated heterocycles. The van der Waals surface area contributed by atoms with Crippen LogP contribution in [0.25, 0.3) is 10.9 Å². The number of ether oxygens (including phenoxy) is 1. The molecule has 124 valence electrons. The first kappa shape index (κ1) is 17.2. The third-order valence-electron chi connectivity index (χ3n) is 3.20. The Balaban J connectivity index is 1.99. The van der Waals surface area contributed by atoms with E-state index in [0.29, 0.717) is 11.3 Å². The molecule has 1 N–H and O–H groups in total. The molecule has 1 aromatic heterocycles. The summed E-state index contributed by atoms with van der Waals surface area (Å²) in [5.41, 5.74) is 2.81. The first-order valence-electron chi connectivity index (χ1n) is 7.07. The fourth-order valence-electron chi connectivity index (χ4n) is 2.14. The van der Waals surface area contributed by atoms with Gasteiger partial charge in [-0.25, -0.2) is 0 Å². The third-order valence-corrected chi connectivity index (χ3v) is 3.20. The summed E-state index contributed by atoms with van der Waals surface area (Å²) in [5, 5.41) is 3.38. The largest absolute Gasteiger partial charge is 0.411 e. The molecule has 0 spiro atoms. The molecule has 0 bridgehead atoms. The lowest BCUT2D eigenvalue weighted by atomic mass is 10.1. The van der Waals surface area contributed by atoms with Gasteiger partial charge in [-0.3, -0.25) is 9.78 Å². The first-order valence-corrected chi connectivity index (χ1v) is 7.07. The number of rotatable bonds is 5. The van der Waals surface area contributed by atoms with E-state index in [4.69, 9.17) is 0 Å². The van der Waals surface area contributed by atoms with Crippen LogP contribution in [-0.4, -0.2) is 36.8 Å². The molecule has 0 aliphatic rings. The molecule has 23 heavy (non-hydrogen) atoms. The van der Waals surface area contributed by atoms with Gasteiger partial charge in [0.25, 0.3) is 5.91 Å². The summed E-state index contributed by atoms with van der Waals surface area (Å²) in [7, 11) is 0. The van der Waals surface area contributed by atoms with Crippen LogP contribution in [0.15, 0.2) is 24.3 Å². The minimum Gasteiger partial charge on any atom is -0.370 e. The van der Waals surface area contributed by atoms with Gasteiger partial charge in [0, 0.05) is 11.9 Å². The van der Waals surface area contributed by atoms with E-state index in [0.717, 1.165) is 16.5 Å². The van der Waals surface area contributed by atoms with E-state index in [1.165, 1.54) is 0 Å². The number of hydrogen-bond acceptors (Lipinski definition) is 3. The summed E-state index contributed by atoms with van der Waals surface area (Å²) in [6.45, 7) is 2.13. The van der Waals surface area contributed by atoms with Crippen molar-refractivity contribution in [1.82, 2.24) is 10.3 Å². The summed E-state index contributed by atoms with van der Waals surface area (Å²) >= 11 is 0. The number of amides is 1. The van der Waals surface area contributed by atoms with E-state index < -0.39 is 12.8 Å². The number of carbonyl (C=O) groups excluding carboxylic acids is 1. The maximum absolute atomic E-state index is 12.1. The maximum atomic E-state index is 12.1. The predicted molar refractivity (Wildman–Crippen MR) is 80.4 cm³/mol. The molecule has 2 rings (SSSR count). The zero-order chi connectivity index (χ0) is 17.0.